The molecule has 1 atom stereocenters. The first-order valence-electron chi connectivity index (χ1n) is 6.79. The van der Waals surface area contributed by atoms with Gasteiger partial charge in [-0.25, -0.2) is 0 Å². The molecule has 3 nitrogen and oxygen atoms in total. The van der Waals surface area contributed by atoms with Crippen molar-refractivity contribution in [1.82, 2.24) is 10.2 Å². The van der Waals surface area contributed by atoms with Crippen LogP contribution in [0.5, 0.6) is 0 Å². The summed E-state index contributed by atoms with van der Waals surface area (Å²) in [4.78, 5) is 14.0. The number of hydrogen-bond acceptors (Lipinski definition) is 2. The van der Waals surface area contributed by atoms with Gasteiger partial charge in [0.25, 0.3) is 0 Å². The molecule has 94 valence electrons. The lowest BCUT2D eigenvalue weighted by Crippen LogP contribution is -2.47. The second kappa shape index (κ2) is 7.66. The highest BCUT2D eigenvalue weighted by Gasteiger charge is 2.22. The van der Waals surface area contributed by atoms with Crippen molar-refractivity contribution in [3.63, 3.8) is 0 Å². The number of likely N-dealkylation sites (tertiary alicyclic amines) is 1. The summed E-state index contributed by atoms with van der Waals surface area (Å²) >= 11 is 0. The largest absolute Gasteiger partial charge is 0.341 e. The maximum absolute atomic E-state index is 11.9. The molecule has 1 saturated heterocycles. The highest BCUT2D eigenvalue weighted by molar-refractivity contribution is 5.76. The summed E-state index contributed by atoms with van der Waals surface area (Å²) in [5.74, 6) is 0.357. The van der Waals surface area contributed by atoms with Crippen molar-refractivity contribution in [3.8, 4) is 0 Å². The monoisotopic (exact) mass is 226 g/mol. The minimum Gasteiger partial charge on any atom is -0.341 e. The van der Waals surface area contributed by atoms with Crippen LogP contribution in [-0.2, 0) is 4.79 Å². The third-order valence-corrected chi connectivity index (χ3v) is 3.26. The van der Waals surface area contributed by atoms with Crippen molar-refractivity contribution in [2.24, 2.45) is 0 Å². The Hall–Kier alpha value is -0.570. The molecule has 16 heavy (non-hydrogen) atoms. The predicted octanol–water partition coefficient (Wildman–Crippen LogP) is 2.17. The van der Waals surface area contributed by atoms with E-state index >= 15 is 0 Å². The van der Waals surface area contributed by atoms with Gasteiger partial charge in [0, 0.05) is 25.6 Å². The van der Waals surface area contributed by atoms with Crippen LogP contribution in [0.4, 0.5) is 0 Å². The van der Waals surface area contributed by atoms with E-state index < -0.39 is 0 Å². The van der Waals surface area contributed by atoms with E-state index in [1.807, 2.05) is 4.90 Å². The number of nitrogens with one attached hydrogen (secondary N) is 1. The van der Waals surface area contributed by atoms with Crippen molar-refractivity contribution in [1.29, 1.82) is 0 Å². The summed E-state index contributed by atoms with van der Waals surface area (Å²) in [7, 11) is 0. The summed E-state index contributed by atoms with van der Waals surface area (Å²) < 4.78 is 0. The smallest absolute Gasteiger partial charge is 0.222 e. The van der Waals surface area contributed by atoms with E-state index in [-0.39, 0.29) is 0 Å². The first kappa shape index (κ1) is 13.5. The summed E-state index contributed by atoms with van der Waals surface area (Å²) in [6.07, 6.45) is 6.53. The van der Waals surface area contributed by atoms with Gasteiger partial charge in [0.2, 0.25) is 5.91 Å². The van der Waals surface area contributed by atoms with Gasteiger partial charge in [-0.3, -0.25) is 4.79 Å². The van der Waals surface area contributed by atoms with Crippen molar-refractivity contribution in [2.45, 2.75) is 58.4 Å². The van der Waals surface area contributed by atoms with Gasteiger partial charge in [0.15, 0.2) is 0 Å². The summed E-state index contributed by atoms with van der Waals surface area (Å²) in [5.41, 5.74) is 0. The Bertz CT molecular complexity index is 204. The van der Waals surface area contributed by atoms with Crippen molar-refractivity contribution >= 4 is 5.91 Å². The SMILES string of the molecule is CCCCCC(=O)N1CCCC(NCC)C1. The molecule has 1 aliphatic rings. The lowest BCUT2D eigenvalue weighted by Gasteiger charge is -2.33. The number of rotatable bonds is 6. The fraction of sp³-hybridized carbons (Fsp3) is 0.923. The van der Waals surface area contributed by atoms with Crippen molar-refractivity contribution in [3.05, 3.63) is 0 Å². The van der Waals surface area contributed by atoms with Gasteiger partial charge in [-0.2, -0.15) is 0 Å². The van der Waals surface area contributed by atoms with Gasteiger partial charge in [-0.05, 0) is 25.8 Å². The van der Waals surface area contributed by atoms with E-state index in [0.717, 1.165) is 38.9 Å². The first-order valence-corrected chi connectivity index (χ1v) is 6.79. The third kappa shape index (κ3) is 4.52. The van der Waals surface area contributed by atoms with Crippen LogP contribution in [0, 0.1) is 0 Å². The van der Waals surface area contributed by atoms with Crippen LogP contribution in [0.15, 0.2) is 0 Å². The number of amides is 1. The van der Waals surface area contributed by atoms with E-state index in [1.165, 1.54) is 19.3 Å². The number of carbonyl (C=O) groups is 1. The Morgan fingerprint density at radius 2 is 2.19 bits per heavy atom. The van der Waals surface area contributed by atoms with E-state index in [2.05, 4.69) is 19.2 Å². The fourth-order valence-corrected chi connectivity index (χ4v) is 2.34. The number of unbranched alkanes of at least 4 members (excludes halogenated alkanes) is 2. The first-order chi connectivity index (χ1) is 7.77. The molecule has 0 aliphatic carbocycles. The molecule has 1 rings (SSSR count). The van der Waals surface area contributed by atoms with Crippen LogP contribution in [0.2, 0.25) is 0 Å². The Balaban J connectivity index is 2.26. The number of nitrogens with zero attached hydrogens (tertiary/aromatic N) is 1. The standard InChI is InChI=1S/C13H26N2O/c1-3-5-6-9-13(16)15-10-7-8-12(11-15)14-4-2/h12,14H,3-11H2,1-2H3. The molecule has 0 aromatic carbocycles. The molecule has 1 N–H and O–H groups in total. The summed E-state index contributed by atoms with van der Waals surface area (Å²) in [6.45, 7) is 7.18. The summed E-state index contributed by atoms with van der Waals surface area (Å²) in [5, 5.41) is 3.44. The molecule has 0 spiro atoms. The zero-order valence-corrected chi connectivity index (χ0v) is 10.8. The molecular formula is C13H26N2O. The van der Waals surface area contributed by atoms with E-state index in [9.17, 15) is 4.79 Å². The molecular weight excluding hydrogens is 200 g/mol. The maximum Gasteiger partial charge on any atom is 0.222 e. The van der Waals surface area contributed by atoms with Crippen LogP contribution in [0.1, 0.15) is 52.4 Å². The van der Waals surface area contributed by atoms with Crippen LogP contribution < -0.4 is 5.32 Å². The van der Waals surface area contributed by atoms with Crippen molar-refractivity contribution in [2.75, 3.05) is 19.6 Å². The average Bonchev–Trinajstić information content (AvgIpc) is 2.30. The quantitative estimate of drug-likeness (QED) is 0.704. The number of carbonyl (C=O) groups excluding carboxylic acids is 1. The van der Waals surface area contributed by atoms with E-state index in [4.69, 9.17) is 0 Å². The average molecular weight is 226 g/mol. The number of hydrogen-bond donors (Lipinski definition) is 1. The zero-order valence-electron chi connectivity index (χ0n) is 10.8. The van der Waals surface area contributed by atoms with Crippen LogP contribution in [0.25, 0.3) is 0 Å². The maximum atomic E-state index is 11.9. The van der Waals surface area contributed by atoms with Gasteiger partial charge in [0.1, 0.15) is 0 Å². The van der Waals surface area contributed by atoms with E-state index in [1.54, 1.807) is 0 Å². The minimum atomic E-state index is 0.357. The van der Waals surface area contributed by atoms with E-state index in [0.29, 0.717) is 11.9 Å². The molecule has 0 aromatic rings. The Morgan fingerprint density at radius 1 is 1.38 bits per heavy atom. The summed E-state index contributed by atoms with van der Waals surface area (Å²) in [6, 6.07) is 0.522. The van der Waals surface area contributed by atoms with Crippen LogP contribution in [0.3, 0.4) is 0 Å². The van der Waals surface area contributed by atoms with Gasteiger partial charge in [-0.1, -0.05) is 26.7 Å². The van der Waals surface area contributed by atoms with Crippen LogP contribution in [-0.4, -0.2) is 36.5 Å². The normalized spacial score (nSPS) is 21.1. The minimum absolute atomic E-state index is 0.357. The van der Waals surface area contributed by atoms with Crippen molar-refractivity contribution < 1.29 is 4.79 Å². The molecule has 1 aliphatic heterocycles. The van der Waals surface area contributed by atoms with Crippen LogP contribution >= 0.6 is 0 Å². The Morgan fingerprint density at radius 3 is 2.88 bits per heavy atom. The fourth-order valence-electron chi connectivity index (χ4n) is 2.34. The van der Waals surface area contributed by atoms with Gasteiger partial charge in [0.05, 0.1) is 0 Å². The molecule has 1 fully saturated rings. The second-order valence-corrected chi connectivity index (χ2v) is 4.69. The predicted molar refractivity (Wildman–Crippen MR) is 67.4 cm³/mol. The Labute approximate surface area is 99.6 Å². The molecule has 0 aromatic heterocycles. The molecule has 3 heteroatoms. The Kier molecular flexibility index (Phi) is 6.46. The van der Waals surface area contributed by atoms with Gasteiger partial charge >= 0.3 is 0 Å². The lowest BCUT2D eigenvalue weighted by molar-refractivity contribution is -0.132. The zero-order chi connectivity index (χ0) is 11.8. The highest BCUT2D eigenvalue weighted by atomic mass is 16.2. The van der Waals surface area contributed by atoms with Gasteiger partial charge < -0.3 is 10.2 Å². The number of piperidine rings is 1. The molecule has 0 saturated carbocycles. The molecule has 1 amide bonds. The topological polar surface area (TPSA) is 32.3 Å². The second-order valence-electron chi connectivity index (χ2n) is 4.69. The third-order valence-electron chi connectivity index (χ3n) is 3.26. The van der Waals surface area contributed by atoms with Gasteiger partial charge in [-0.15, -0.1) is 0 Å². The highest BCUT2D eigenvalue weighted by Crippen LogP contribution is 2.12. The molecule has 0 radical (unpaired) electrons. The lowest BCUT2D eigenvalue weighted by atomic mass is 10.0. The molecule has 1 heterocycles. The molecule has 1 unspecified atom stereocenters. The number of likely N-dealkylation sites (N-methyl/N-ethyl adjacent to an activating group) is 1. The molecule has 0 bridgehead atoms.